The Morgan fingerprint density at radius 3 is 2.50 bits per heavy atom. The molecule has 1 amide bonds. The fraction of sp³-hybridized carbons (Fsp3) is 0.500. The van der Waals surface area contributed by atoms with Gasteiger partial charge in [0.2, 0.25) is 5.91 Å². The van der Waals surface area contributed by atoms with Crippen molar-refractivity contribution in [2.75, 3.05) is 13.1 Å². The topological polar surface area (TPSA) is 44.4 Å². The summed E-state index contributed by atoms with van der Waals surface area (Å²) in [4.78, 5) is 13.8. The summed E-state index contributed by atoms with van der Waals surface area (Å²) in [6.07, 6.45) is 2.71. The summed E-state index contributed by atoms with van der Waals surface area (Å²) >= 11 is 0. The van der Waals surface area contributed by atoms with Crippen molar-refractivity contribution in [3.8, 4) is 0 Å². The van der Waals surface area contributed by atoms with E-state index in [1.165, 1.54) is 5.56 Å². The summed E-state index contributed by atoms with van der Waals surface area (Å²) in [7, 11) is 0. The van der Waals surface area contributed by atoms with Crippen LogP contribution in [0.1, 0.15) is 24.8 Å². The summed E-state index contributed by atoms with van der Waals surface area (Å²) in [5.74, 6) is 0.131. The molecule has 2 aliphatic heterocycles. The Bertz CT molecular complexity index is 424. The van der Waals surface area contributed by atoms with Gasteiger partial charge in [-0.25, -0.2) is 5.43 Å². The highest BCUT2D eigenvalue weighted by Crippen LogP contribution is 2.28. The van der Waals surface area contributed by atoms with E-state index in [0.717, 1.165) is 32.5 Å². The van der Waals surface area contributed by atoms with E-state index >= 15 is 0 Å². The van der Waals surface area contributed by atoms with Crippen LogP contribution < -0.4 is 10.9 Å². The van der Waals surface area contributed by atoms with Gasteiger partial charge in [0.25, 0.3) is 0 Å². The number of likely N-dealkylation sites (tertiary alicyclic amines) is 1. The van der Waals surface area contributed by atoms with Gasteiger partial charge in [0.15, 0.2) is 0 Å². The standard InChI is InChI=1S/C14H19N3O/c18-13-10-14(16-15-13)6-8-17(9-7-14)11-12-4-2-1-3-5-12/h1-5,16H,6-11H2,(H,15,18). The smallest absolute Gasteiger partial charge is 0.236 e. The summed E-state index contributed by atoms with van der Waals surface area (Å²) in [5.41, 5.74) is 7.30. The Morgan fingerprint density at radius 2 is 1.89 bits per heavy atom. The number of nitrogens with one attached hydrogen (secondary N) is 2. The fourth-order valence-corrected chi connectivity index (χ4v) is 2.88. The first kappa shape index (κ1) is 11.7. The molecule has 1 aromatic carbocycles. The third-order valence-corrected chi connectivity index (χ3v) is 4.03. The molecule has 3 rings (SSSR count). The normalized spacial score (nSPS) is 23.2. The third-order valence-electron chi connectivity index (χ3n) is 4.03. The number of nitrogens with zero attached hydrogens (tertiary/aromatic N) is 1. The molecule has 2 fully saturated rings. The van der Waals surface area contributed by atoms with Crippen molar-refractivity contribution in [2.24, 2.45) is 0 Å². The van der Waals surface area contributed by atoms with Crippen molar-refractivity contribution in [2.45, 2.75) is 31.3 Å². The number of hydrogen-bond acceptors (Lipinski definition) is 3. The molecule has 2 N–H and O–H groups in total. The van der Waals surface area contributed by atoms with Crippen LogP contribution in [0, 0.1) is 0 Å². The first-order chi connectivity index (χ1) is 8.76. The van der Waals surface area contributed by atoms with Crippen molar-refractivity contribution >= 4 is 5.91 Å². The van der Waals surface area contributed by atoms with Gasteiger partial charge in [-0.15, -0.1) is 0 Å². The highest BCUT2D eigenvalue weighted by atomic mass is 16.2. The number of amides is 1. The Morgan fingerprint density at radius 1 is 1.17 bits per heavy atom. The SMILES string of the molecule is O=C1CC2(CCN(Cc3ccccc3)CC2)NN1. The maximum absolute atomic E-state index is 11.3. The molecule has 2 heterocycles. The molecular weight excluding hydrogens is 226 g/mol. The van der Waals surface area contributed by atoms with E-state index in [1.807, 2.05) is 0 Å². The summed E-state index contributed by atoms with van der Waals surface area (Å²) in [6, 6.07) is 10.6. The van der Waals surface area contributed by atoms with E-state index in [-0.39, 0.29) is 11.4 Å². The minimum Gasteiger partial charge on any atom is -0.299 e. The molecule has 0 bridgehead atoms. The van der Waals surface area contributed by atoms with E-state index < -0.39 is 0 Å². The van der Waals surface area contributed by atoms with Gasteiger partial charge < -0.3 is 0 Å². The van der Waals surface area contributed by atoms with Crippen LogP contribution in [0.25, 0.3) is 0 Å². The van der Waals surface area contributed by atoms with Gasteiger partial charge >= 0.3 is 0 Å². The number of hydrogen-bond donors (Lipinski definition) is 2. The van der Waals surface area contributed by atoms with Gasteiger partial charge in [-0.05, 0) is 18.4 Å². The van der Waals surface area contributed by atoms with Gasteiger partial charge in [0, 0.05) is 31.6 Å². The van der Waals surface area contributed by atoms with Crippen molar-refractivity contribution in [1.82, 2.24) is 15.8 Å². The molecule has 1 spiro atoms. The van der Waals surface area contributed by atoms with Crippen LogP contribution in [-0.4, -0.2) is 29.4 Å². The quantitative estimate of drug-likeness (QED) is 0.818. The molecule has 0 radical (unpaired) electrons. The Balaban J connectivity index is 1.56. The lowest BCUT2D eigenvalue weighted by molar-refractivity contribution is -0.119. The van der Waals surface area contributed by atoms with E-state index in [2.05, 4.69) is 46.1 Å². The maximum Gasteiger partial charge on any atom is 0.236 e. The third kappa shape index (κ3) is 2.40. The highest BCUT2D eigenvalue weighted by Gasteiger charge is 2.40. The predicted octanol–water partition coefficient (Wildman–Crippen LogP) is 1.05. The summed E-state index contributed by atoms with van der Waals surface area (Å²) in [5, 5.41) is 0. The maximum atomic E-state index is 11.3. The second-order valence-electron chi connectivity index (χ2n) is 5.39. The largest absolute Gasteiger partial charge is 0.299 e. The lowest BCUT2D eigenvalue weighted by atomic mass is 9.86. The molecule has 0 unspecified atom stereocenters. The molecule has 0 atom stereocenters. The number of carbonyl (C=O) groups excluding carboxylic acids is 1. The number of rotatable bonds is 2. The lowest BCUT2D eigenvalue weighted by Gasteiger charge is -2.38. The van der Waals surface area contributed by atoms with Crippen molar-refractivity contribution in [3.05, 3.63) is 35.9 Å². The zero-order valence-electron chi connectivity index (χ0n) is 10.5. The van der Waals surface area contributed by atoms with Crippen molar-refractivity contribution < 1.29 is 4.79 Å². The zero-order chi connectivity index (χ0) is 12.4. The van der Waals surface area contributed by atoms with Gasteiger partial charge in [-0.2, -0.15) is 0 Å². The number of hydrazine groups is 1. The zero-order valence-corrected chi connectivity index (χ0v) is 10.5. The predicted molar refractivity (Wildman–Crippen MR) is 69.6 cm³/mol. The van der Waals surface area contributed by atoms with Crippen molar-refractivity contribution in [3.63, 3.8) is 0 Å². The second-order valence-corrected chi connectivity index (χ2v) is 5.39. The molecule has 2 saturated heterocycles. The number of piperidine rings is 1. The van der Waals surface area contributed by atoms with Crippen LogP contribution in [-0.2, 0) is 11.3 Å². The molecule has 1 aromatic rings. The van der Waals surface area contributed by atoms with Gasteiger partial charge in [0.05, 0.1) is 0 Å². The number of benzene rings is 1. The van der Waals surface area contributed by atoms with E-state index in [0.29, 0.717) is 6.42 Å². The van der Waals surface area contributed by atoms with E-state index in [4.69, 9.17) is 0 Å². The Labute approximate surface area is 107 Å². The molecule has 2 aliphatic rings. The van der Waals surface area contributed by atoms with E-state index in [9.17, 15) is 4.79 Å². The minimum absolute atomic E-state index is 0.0181. The van der Waals surface area contributed by atoms with Gasteiger partial charge in [-0.1, -0.05) is 30.3 Å². The molecule has 0 aromatic heterocycles. The van der Waals surface area contributed by atoms with Crippen LogP contribution in [0.15, 0.2) is 30.3 Å². The van der Waals surface area contributed by atoms with E-state index in [1.54, 1.807) is 0 Å². The molecule has 4 heteroatoms. The molecular formula is C14H19N3O. The first-order valence-corrected chi connectivity index (χ1v) is 6.58. The van der Waals surface area contributed by atoms with Crippen LogP contribution in [0.4, 0.5) is 0 Å². The average Bonchev–Trinajstić information content (AvgIpc) is 2.75. The Kier molecular flexibility index (Phi) is 3.06. The van der Waals surface area contributed by atoms with Crippen LogP contribution in [0.3, 0.4) is 0 Å². The van der Waals surface area contributed by atoms with Crippen LogP contribution in [0.2, 0.25) is 0 Å². The molecule has 0 saturated carbocycles. The van der Waals surface area contributed by atoms with Gasteiger partial charge in [0.1, 0.15) is 0 Å². The fourth-order valence-electron chi connectivity index (χ4n) is 2.88. The van der Waals surface area contributed by atoms with Crippen molar-refractivity contribution in [1.29, 1.82) is 0 Å². The summed E-state index contributed by atoms with van der Waals surface area (Å²) in [6.45, 7) is 3.12. The summed E-state index contributed by atoms with van der Waals surface area (Å²) < 4.78 is 0. The van der Waals surface area contributed by atoms with Crippen LogP contribution >= 0.6 is 0 Å². The molecule has 0 aliphatic carbocycles. The second kappa shape index (κ2) is 4.71. The minimum atomic E-state index is 0.0181. The molecule has 96 valence electrons. The molecule has 18 heavy (non-hydrogen) atoms. The van der Waals surface area contributed by atoms with Crippen LogP contribution in [0.5, 0.6) is 0 Å². The monoisotopic (exact) mass is 245 g/mol. The van der Waals surface area contributed by atoms with Gasteiger partial charge in [-0.3, -0.25) is 15.1 Å². The number of carbonyl (C=O) groups is 1. The Hall–Kier alpha value is -1.39. The first-order valence-electron chi connectivity index (χ1n) is 6.58. The lowest BCUT2D eigenvalue weighted by Crippen LogP contribution is -2.51. The average molecular weight is 245 g/mol. The molecule has 4 nitrogen and oxygen atoms in total. The highest BCUT2D eigenvalue weighted by molar-refractivity contribution is 5.79.